The molecule has 0 heterocycles. The molecule has 1 N–H and O–H groups in total. The predicted molar refractivity (Wildman–Crippen MR) is 86.5 cm³/mol. The van der Waals surface area contributed by atoms with E-state index in [2.05, 4.69) is 29.6 Å². The molecule has 0 saturated heterocycles. The monoisotopic (exact) mass is 292 g/mol. The number of nitrogens with zero attached hydrogens (tertiary/aromatic N) is 1. The normalized spacial score (nSPS) is 15.1. The fourth-order valence-corrected chi connectivity index (χ4v) is 2.78. The van der Waals surface area contributed by atoms with Gasteiger partial charge in [-0.15, -0.1) is 0 Å². The van der Waals surface area contributed by atoms with Gasteiger partial charge in [-0.25, -0.2) is 0 Å². The lowest BCUT2D eigenvalue weighted by Gasteiger charge is -2.19. The first-order valence-corrected chi connectivity index (χ1v) is 7.66. The lowest BCUT2D eigenvalue weighted by atomic mass is 10.0. The molecule has 1 aliphatic rings. The zero-order valence-corrected chi connectivity index (χ0v) is 12.8. The Morgan fingerprint density at radius 1 is 1.23 bits per heavy atom. The van der Waals surface area contributed by atoms with E-state index >= 15 is 0 Å². The zero-order chi connectivity index (χ0) is 15.4. The van der Waals surface area contributed by atoms with Gasteiger partial charge in [0.1, 0.15) is 5.75 Å². The number of hydrogen-bond acceptors (Lipinski definition) is 3. The van der Waals surface area contributed by atoms with Crippen LogP contribution >= 0.6 is 0 Å². The summed E-state index contributed by atoms with van der Waals surface area (Å²) in [5.74, 6) is 1.60. The van der Waals surface area contributed by atoms with E-state index in [1.54, 1.807) is 7.11 Å². The van der Waals surface area contributed by atoms with Gasteiger partial charge in [-0.1, -0.05) is 24.3 Å². The van der Waals surface area contributed by atoms with Gasteiger partial charge in [-0.2, -0.15) is 5.26 Å². The number of benzene rings is 2. The van der Waals surface area contributed by atoms with Gasteiger partial charge in [0.15, 0.2) is 0 Å². The maximum Gasteiger partial charge on any atom is 0.118 e. The maximum absolute atomic E-state index is 8.98. The summed E-state index contributed by atoms with van der Waals surface area (Å²) in [6.07, 6.45) is 2.56. The summed E-state index contributed by atoms with van der Waals surface area (Å²) in [7, 11) is 1.69. The first kappa shape index (κ1) is 14.6. The topological polar surface area (TPSA) is 45.0 Å². The number of nitrogens with one attached hydrogen (secondary N) is 1. The van der Waals surface area contributed by atoms with Crippen LogP contribution in [0.3, 0.4) is 0 Å². The second kappa shape index (κ2) is 6.64. The van der Waals surface area contributed by atoms with E-state index in [1.165, 1.54) is 18.4 Å². The Balaban J connectivity index is 1.70. The highest BCUT2D eigenvalue weighted by molar-refractivity contribution is 5.33. The van der Waals surface area contributed by atoms with Crippen molar-refractivity contribution >= 4 is 0 Å². The second-order valence-corrected chi connectivity index (χ2v) is 5.78. The molecule has 0 radical (unpaired) electrons. The van der Waals surface area contributed by atoms with Crippen molar-refractivity contribution in [2.24, 2.45) is 5.92 Å². The van der Waals surface area contributed by atoms with Gasteiger partial charge in [-0.05, 0) is 54.2 Å². The molecule has 1 aliphatic carbocycles. The molecule has 0 amide bonds. The summed E-state index contributed by atoms with van der Waals surface area (Å²) in [6.45, 7) is 0.780. The molecule has 1 fully saturated rings. The van der Waals surface area contributed by atoms with E-state index in [-0.39, 0.29) is 0 Å². The Labute approximate surface area is 131 Å². The lowest BCUT2D eigenvalue weighted by molar-refractivity contribution is 0.413. The van der Waals surface area contributed by atoms with Crippen LogP contribution in [-0.2, 0) is 6.54 Å². The van der Waals surface area contributed by atoms with Crippen molar-refractivity contribution in [3.8, 4) is 11.8 Å². The predicted octanol–water partition coefficient (Wildman–Crippen LogP) is 3.81. The summed E-state index contributed by atoms with van der Waals surface area (Å²) in [4.78, 5) is 0. The van der Waals surface area contributed by atoms with Gasteiger partial charge < -0.3 is 10.1 Å². The van der Waals surface area contributed by atoms with Crippen molar-refractivity contribution in [1.82, 2.24) is 5.32 Å². The Bertz CT molecular complexity index is 669. The van der Waals surface area contributed by atoms with Crippen molar-refractivity contribution in [2.75, 3.05) is 7.11 Å². The molecule has 3 heteroatoms. The molecule has 0 bridgehead atoms. The van der Waals surface area contributed by atoms with Crippen molar-refractivity contribution < 1.29 is 4.74 Å². The van der Waals surface area contributed by atoms with Crippen LogP contribution in [0.5, 0.6) is 5.75 Å². The van der Waals surface area contributed by atoms with Crippen molar-refractivity contribution in [2.45, 2.75) is 25.4 Å². The van der Waals surface area contributed by atoms with Crippen molar-refractivity contribution in [3.63, 3.8) is 0 Å². The fourth-order valence-electron chi connectivity index (χ4n) is 2.78. The highest BCUT2D eigenvalue weighted by atomic mass is 16.5. The Morgan fingerprint density at radius 3 is 2.64 bits per heavy atom. The van der Waals surface area contributed by atoms with Crippen LogP contribution < -0.4 is 10.1 Å². The van der Waals surface area contributed by atoms with Gasteiger partial charge in [0.05, 0.1) is 18.7 Å². The van der Waals surface area contributed by atoms with E-state index in [4.69, 9.17) is 10.00 Å². The Kier molecular flexibility index (Phi) is 4.41. The molecule has 112 valence electrons. The largest absolute Gasteiger partial charge is 0.497 e. The van der Waals surface area contributed by atoms with E-state index in [0.29, 0.717) is 17.5 Å². The van der Waals surface area contributed by atoms with Crippen LogP contribution in [-0.4, -0.2) is 7.11 Å². The first-order valence-electron chi connectivity index (χ1n) is 7.66. The van der Waals surface area contributed by atoms with Gasteiger partial charge in [0, 0.05) is 12.6 Å². The summed E-state index contributed by atoms with van der Waals surface area (Å²) < 4.78 is 5.23. The summed E-state index contributed by atoms with van der Waals surface area (Å²) in [5, 5.41) is 12.6. The van der Waals surface area contributed by atoms with Gasteiger partial charge in [0.2, 0.25) is 0 Å². The molecule has 3 rings (SSSR count). The van der Waals surface area contributed by atoms with Crippen LogP contribution in [0.4, 0.5) is 0 Å². The van der Waals surface area contributed by atoms with Crippen LogP contribution in [0.1, 0.15) is 35.6 Å². The Hall–Kier alpha value is -2.31. The van der Waals surface area contributed by atoms with Gasteiger partial charge in [-0.3, -0.25) is 0 Å². The molecule has 1 unspecified atom stereocenters. The smallest absolute Gasteiger partial charge is 0.118 e. The number of rotatable bonds is 6. The fraction of sp³-hybridized carbons (Fsp3) is 0.316. The van der Waals surface area contributed by atoms with Crippen molar-refractivity contribution in [3.05, 3.63) is 65.2 Å². The van der Waals surface area contributed by atoms with Crippen LogP contribution in [0.2, 0.25) is 0 Å². The minimum absolute atomic E-state index is 0.372. The zero-order valence-electron chi connectivity index (χ0n) is 12.8. The average Bonchev–Trinajstić information content (AvgIpc) is 3.41. The third-order valence-electron chi connectivity index (χ3n) is 4.15. The molecule has 0 spiro atoms. The Morgan fingerprint density at radius 2 is 2.00 bits per heavy atom. The highest BCUT2D eigenvalue weighted by Gasteiger charge is 2.31. The molecular weight excluding hydrogens is 272 g/mol. The van der Waals surface area contributed by atoms with E-state index < -0.39 is 0 Å². The highest BCUT2D eigenvalue weighted by Crippen LogP contribution is 2.41. The molecular formula is C19H20N2O. The van der Waals surface area contributed by atoms with E-state index in [9.17, 15) is 0 Å². The summed E-state index contributed by atoms with van der Waals surface area (Å²) >= 11 is 0. The van der Waals surface area contributed by atoms with Crippen LogP contribution in [0.25, 0.3) is 0 Å². The molecule has 1 atom stereocenters. The molecule has 0 aliphatic heterocycles. The molecule has 2 aromatic carbocycles. The molecule has 3 nitrogen and oxygen atoms in total. The van der Waals surface area contributed by atoms with E-state index in [1.807, 2.05) is 30.3 Å². The molecule has 22 heavy (non-hydrogen) atoms. The number of ether oxygens (including phenoxy) is 1. The third kappa shape index (κ3) is 3.47. The molecule has 1 saturated carbocycles. The van der Waals surface area contributed by atoms with E-state index in [0.717, 1.165) is 17.9 Å². The standard InChI is InChI=1S/C19H20N2O/c1-22-18-9-7-17(8-10-18)19(16-5-6-16)21-13-15-4-2-3-14(11-15)12-20/h2-4,7-11,16,19,21H,5-6,13H2,1H3. The summed E-state index contributed by atoms with van der Waals surface area (Å²) in [5.41, 5.74) is 3.17. The van der Waals surface area contributed by atoms with Crippen LogP contribution in [0.15, 0.2) is 48.5 Å². The van der Waals surface area contributed by atoms with Crippen LogP contribution in [0, 0.1) is 17.2 Å². The average molecular weight is 292 g/mol. The van der Waals surface area contributed by atoms with Gasteiger partial charge in [0.25, 0.3) is 0 Å². The second-order valence-electron chi connectivity index (χ2n) is 5.78. The SMILES string of the molecule is COc1ccc(C(NCc2cccc(C#N)c2)C2CC2)cc1. The molecule has 0 aromatic heterocycles. The molecule has 2 aromatic rings. The lowest BCUT2D eigenvalue weighted by Crippen LogP contribution is -2.22. The quantitative estimate of drug-likeness (QED) is 0.880. The third-order valence-corrected chi connectivity index (χ3v) is 4.15. The first-order chi connectivity index (χ1) is 10.8. The minimum Gasteiger partial charge on any atom is -0.497 e. The minimum atomic E-state index is 0.372. The number of nitriles is 1. The summed E-state index contributed by atoms with van der Waals surface area (Å²) in [6, 6.07) is 18.7. The van der Waals surface area contributed by atoms with Gasteiger partial charge >= 0.3 is 0 Å². The number of hydrogen-bond donors (Lipinski definition) is 1. The number of methoxy groups -OCH3 is 1. The van der Waals surface area contributed by atoms with Crippen molar-refractivity contribution in [1.29, 1.82) is 5.26 Å². The maximum atomic E-state index is 8.98.